The number of nitrogens with zero attached hydrogens (tertiary/aromatic N) is 2. The zero-order chi connectivity index (χ0) is 14.7. The number of ketones is 1. The second-order valence-electron chi connectivity index (χ2n) is 4.82. The highest BCUT2D eigenvalue weighted by atomic mass is 16.1. The molecule has 102 valence electrons. The molecule has 3 nitrogen and oxygen atoms in total. The zero-order valence-corrected chi connectivity index (χ0v) is 11.7. The van der Waals surface area contributed by atoms with Crippen LogP contribution in [0.15, 0.2) is 65.8 Å². The van der Waals surface area contributed by atoms with Gasteiger partial charge in [0.15, 0.2) is 5.78 Å². The van der Waals surface area contributed by atoms with Gasteiger partial charge in [0, 0.05) is 23.4 Å². The Balaban J connectivity index is 1.85. The van der Waals surface area contributed by atoms with Crippen LogP contribution in [-0.4, -0.2) is 17.0 Å². The standard InChI is InChI=1S/C18H14N2O/c1-13(21)15-5-7-17(8-6-15)20-12-14-4-9-18-16(11-14)3-2-10-19-18/h2-12H,1H3. The Hall–Kier alpha value is -2.81. The molecule has 0 bridgehead atoms. The maximum Gasteiger partial charge on any atom is 0.159 e. The molecule has 0 saturated heterocycles. The summed E-state index contributed by atoms with van der Waals surface area (Å²) >= 11 is 0. The maximum atomic E-state index is 11.2. The lowest BCUT2D eigenvalue weighted by Gasteiger charge is -1.99. The van der Waals surface area contributed by atoms with Crippen molar-refractivity contribution in [3.63, 3.8) is 0 Å². The van der Waals surface area contributed by atoms with Gasteiger partial charge in [-0.05, 0) is 55.0 Å². The number of aromatic nitrogens is 1. The number of aliphatic imine (C=N–C) groups is 1. The number of Topliss-reactive ketones (excluding diaryl/α,β-unsaturated/α-hetero) is 1. The van der Waals surface area contributed by atoms with E-state index in [4.69, 9.17) is 0 Å². The van der Waals surface area contributed by atoms with Gasteiger partial charge in [0.25, 0.3) is 0 Å². The minimum absolute atomic E-state index is 0.0626. The average molecular weight is 274 g/mol. The number of rotatable bonds is 3. The summed E-state index contributed by atoms with van der Waals surface area (Å²) in [6, 6.07) is 17.2. The molecule has 0 aliphatic rings. The van der Waals surface area contributed by atoms with E-state index in [1.165, 1.54) is 0 Å². The lowest BCUT2D eigenvalue weighted by Crippen LogP contribution is -1.89. The predicted molar refractivity (Wildman–Crippen MR) is 85.4 cm³/mol. The molecule has 0 amide bonds. The van der Waals surface area contributed by atoms with Gasteiger partial charge >= 0.3 is 0 Å². The van der Waals surface area contributed by atoms with E-state index in [9.17, 15) is 4.79 Å². The fourth-order valence-corrected chi connectivity index (χ4v) is 2.11. The molecule has 0 unspecified atom stereocenters. The second kappa shape index (κ2) is 5.67. The van der Waals surface area contributed by atoms with Gasteiger partial charge in [-0.2, -0.15) is 0 Å². The molecule has 0 aliphatic carbocycles. The third-order valence-electron chi connectivity index (χ3n) is 3.26. The SMILES string of the molecule is CC(=O)c1ccc(N=Cc2ccc3ncccc3c2)cc1. The van der Waals surface area contributed by atoms with Crippen molar-refractivity contribution in [3.05, 3.63) is 71.9 Å². The molecule has 0 N–H and O–H groups in total. The fourth-order valence-electron chi connectivity index (χ4n) is 2.11. The fraction of sp³-hybridized carbons (Fsp3) is 0.0556. The van der Waals surface area contributed by atoms with Gasteiger partial charge in [-0.15, -0.1) is 0 Å². The van der Waals surface area contributed by atoms with Gasteiger partial charge in [0.1, 0.15) is 0 Å². The van der Waals surface area contributed by atoms with Crippen LogP contribution in [-0.2, 0) is 0 Å². The van der Waals surface area contributed by atoms with Crippen LogP contribution < -0.4 is 0 Å². The van der Waals surface area contributed by atoms with Gasteiger partial charge in [-0.25, -0.2) is 0 Å². The molecule has 3 aromatic rings. The first-order valence-electron chi connectivity index (χ1n) is 6.72. The minimum Gasteiger partial charge on any atom is -0.295 e. The molecule has 0 fully saturated rings. The van der Waals surface area contributed by atoms with Crippen LogP contribution in [0.2, 0.25) is 0 Å². The number of benzene rings is 2. The molecule has 0 aliphatic heterocycles. The highest BCUT2D eigenvalue weighted by Crippen LogP contribution is 2.15. The lowest BCUT2D eigenvalue weighted by atomic mass is 10.1. The molecule has 3 rings (SSSR count). The van der Waals surface area contributed by atoms with E-state index in [0.29, 0.717) is 5.56 Å². The van der Waals surface area contributed by atoms with Gasteiger partial charge in [0.05, 0.1) is 11.2 Å². The highest BCUT2D eigenvalue weighted by molar-refractivity contribution is 5.94. The Kier molecular flexibility index (Phi) is 3.56. The van der Waals surface area contributed by atoms with Gasteiger partial charge < -0.3 is 0 Å². The van der Waals surface area contributed by atoms with E-state index < -0.39 is 0 Å². The normalized spacial score (nSPS) is 11.1. The molecule has 1 aromatic heterocycles. The van der Waals surface area contributed by atoms with Crippen molar-refractivity contribution >= 4 is 28.6 Å². The van der Waals surface area contributed by atoms with E-state index in [1.807, 2.05) is 42.6 Å². The smallest absolute Gasteiger partial charge is 0.159 e. The Morgan fingerprint density at radius 3 is 2.67 bits per heavy atom. The summed E-state index contributed by atoms with van der Waals surface area (Å²) in [4.78, 5) is 19.9. The predicted octanol–water partition coefficient (Wildman–Crippen LogP) is 4.19. The Morgan fingerprint density at radius 2 is 1.90 bits per heavy atom. The van der Waals surface area contributed by atoms with Gasteiger partial charge in [-0.3, -0.25) is 14.8 Å². The van der Waals surface area contributed by atoms with Crippen molar-refractivity contribution in [2.45, 2.75) is 6.92 Å². The summed E-state index contributed by atoms with van der Waals surface area (Å²) in [5.41, 5.74) is 3.52. The molecular weight excluding hydrogens is 260 g/mol. The topological polar surface area (TPSA) is 42.3 Å². The van der Waals surface area contributed by atoms with Crippen LogP contribution in [0.1, 0.15) is 22.8 Å². The largest absolute Gasteiger partial charge is 0.295 e. The number of hydrogen-bond acceptors (Lipinski definition) is 3. The van der Waals surface area contributed by atoms with Crippen LogP contribution >= 0.6 is 0 Å². The quantitative estimate of drug-likeness (QED) is 0.531. The van der Waals surface area contributed by atoms with Gasteiger partial charge in [0.2, 0.25) is 0 Å². The molecule has 0 atom stereocenters. The summed E-state index contributed by atoms with van der Waals surface area (Å²) in [5, 5.41) is 1.09. The minimum atomic E-state index is 0.0626. The van der Waals surface area contributed by atoms with Crippen LogP contribution in [0.4, 0.5) is 5.69 Å². The van der Waals surface area contributed by atoms with Crippen molar-refractivity contribution in [1.82, 2.24) is 4.98 Å². The number of hydrogen-bond donors (Lipinski definition) is 0. The van der Waals surface area contributed by atoms with E-state index in [-0.39, 0.29) is 5.78 Å². The number of carbonyl (C=O) groups excluding carboxylic acids is 1. The van der Waals surface area contributed by atoms with Crippen LogP contribution in [0.5, 0.6) is 0 Å². The summed E-state index contributed by atoms with van der Waals surface area (Å²) in [7, 11) is 0. The molecular formula is C18H14N2O. The number of pyridine rings is 1. The number of fused-ring (bicyclic) bond motifs is 1. The molecule has 2 aromatic carbocycles. The summed E-state index contributed by atoms with van der Waals surface area (Å²) in [6.45, 7) is 1.56. The highest BCUT2D eigenvalue weighted by Gasteiger charge is 1.98. The van der Waals surface area contributed by atoms with Gasteiger partial charge in [-0.1, -0.05) is 12.1 Å². The third kappa shape index (κ3) is 3.03. The van der Waals surface area contributed by atoms with Crippen molar-refractivity contribution in [1.29, 1.82) is 0 Å². The molecule has 0 saturated carbocycles. The van der Waals surface area contributed by atoms with Crippen molar-refractivity contribution in [2.75, 3.05) is 0 Å². The second-order valence-corrected chi connectivity index (χ2v) is 4.82. The lowest BCUT2D eigenvalue weighted by molar-refractivity contribution is 0.101. The Morgan fingerprint density at radius 1 is 1.10 bits per heavy atom. The first-order valence-corrected chi connectivity index (χ1v) is 6.72. The van der Waals surface area contributed by atoms with E-state index in [2.05, 4.69) is 16.0 Å². The number of carbonyl (C=O) groups is 1. The maximum absolute atomic E-state index is 11.2. The van der Waals surface area contributed by atoms with Crippen LogP contribution in [0.3, 0.4) is 0 Å². The van der Waals surface area contributed by atoms with Crippen molar-refractivity contribution < 1.29 is 4.79 Å². The van der Waals surface area contributed by atoms with E-state index in [1.54, 1.807) is 25.3 Å². The third-order valence-corrected chi connectivity index (χ3v) is 3.26. The van der Waals surface area contributed by atoms with E-state index in [0.717, 1.165) is 22.2 Å². The van der Waals surface area contributed by atoms with Crippen LogP contribution in [0, 0.1) is 0 Å². The van der Waals surface area contributed by atoms with Crippen LogP contribution in [0.25, 0.3) is 10.9 Å². The summed E-state index contributed by atoms with van der Waals surface area (Å²) < 4.78 is 0. The molecule has 21 heavy (non-hydrogen) atoms. The monoisotopic (exact) mass is 274 g/mol. The molecule has 3 heteroatoms. The van der Waals surface area contributed by atoms with Crippen molar-refractivity contribution in [3.8, 4) is 0 Å². The van der Waals surface area contributed by atoms with E-state index >= 15 is 0 Å². The first kappa shape index (κ1) is 13.2. The molecule has 1 heterocycles. The molecule has 0 radical (unpaired) electrons. The summed E-state index contributed by atoms with van der Waals surface area (Å²) in [5.74, 6) is 0.0626. The Bertz CT molecular complexity index is 820. The average Bonchev–Trinajstić information content (AvgIpc) is 2.53. The zero-order valence-electron chi connectivity index (χ0n) is 11.7. The van der Waals surface area contributed by atoms with Crippen molar-refractivity contribution in [2.24, 2.45) is 4.99 Å². The first-order chi connectivity index (χ1) is 10.2. The summed E-state index contributed by atoms with van der Waals surface area (Å²) in [6.07, 6.45) is 3.60. The molecule has 0 spiro atoms. The Labute approximate surface area is 123 Å².